The Morgan fingerprint density at radius 2 is 1.82 bits per heavy atom. The number of carbonyl (C=O) groups is 2. The topological polar surface area (TPSA) is 97.3 Å². The van der Waals surface area contributed by atoms with E-state index in [9.17, 15) is 9.59 Å². The molecule has 0 bridgehead atoms. The second-order valence-electron chi connectivity index (χ2n) is 9.82. The Morgan fingerprint density at radius 1 is 1.09 bits per heavy atom. The molecule has 8 heteroatoms. The fourth-order valence-electron chi connectivity index (χ4n) is 5.87. The van der Waals surface area contributed by atoms with Crippen molar-refractivity contribution >= 4 is 11.9 Å². The standard InChI is InChI=1S/C25H39N5O3/c1-2-33-23(32)19-11-10-12-20(19)27-22(31)21-17-25(13-8-6-4-3-5-7-9-14-25)24(29-28-21)30-16-15-26-18-30/h15-16,18,21,24,28-29H,2-14,17H2,1H3,(H,27,31). The van der Waals surface area contributed by atoms with Gasteiger partial charge in [-0.05, 0) is 45.4 Å². The minimum absolute atomic E-state index is 0.0284. The highest BCUT2D eigenvalue weighted by molar-refractivity contribution is 5.92. The van der Waals surface area contributed by atoms with Crippen molar-refractivity contribution in [2.45, 2.75) is 103 Å². The maximum atomic E-state index is 13.4. The summed E-state index contributed by atoms with van der Waals surface area (Å²) in [7, 11) is 0. The van der Waals surface area contributed by atoms with Gasteiger partial charge < -0.3 is 14.6 Å². The summed E-state index contributed by atoms with van der Waals surface area (Å²) in [6.07, 6.45) is 19.7. The molecule has 2 fully saturated rings. The number of carbonyl (C=O) groups excluding carboxylic acids is 2. The van der Waals surface area contributed by atoms with E-state index in [4.69, 9.17) is 4.74 Å². The number of hydrazine groups is 1. The summed E-state index contributed by atoms with van der Waals surface area (Å²) in [6, 6.07) is -0.357. The number of hydrogen-bond acceptors (Lipinski definition) is 6. The molecule has 8 nitrogen and oxygen atoms in total. The number of imidazole rings is 1. The number of aromatic nitrogens is 2. The Hall–Kier alpha value is -2.19. The number of ether oxygens (including phenoxy) is 1. The summed E-state index contributed by atoms with van der Waals surface area (Å²) in [5.41, 5.74) is 8.10. The maximum Gasteiger partial charge on any atom is 0.335 e. The minimum Gasteiger partial charge on any atom is -0.463 e. The summed E-state index contributed by atoms with van der Waals surface area (Å²) >= 11 is 0. The fourth-order valence-corrected chi connectivity index (χ4v) is 5.87. The highest BCUT2D eigenvalue weighted by atomic mass is 16.5. The first-order valence-electron chi connectivity index (χ1n) is 12.8. The lowest BCUT2D eigenvalue weighted by molar-refractivity contribution is -0.138. The van der Waals surface area contributed by atoms with Crippen LogP contribution in [0.5, 0.6) is 0 Å². The largest absolute Gasteiger partial charge is 0.463 e. The second kappa shape index (κ2) is 11.3. The van der Waals surface area contributed by atoms with Crippen molar-refractivity contribution < 1.29 is 14.3 Å². The zero-order valence-corrected chi connectivity index (χ0v) is 19.9. The van der Waals surface area contributed by atoms with Crippen molar-refractivity contribution in [3.63, 3.8) is 0 Å². The van der Waals surface area contributed by atoms with Gasteiger partial charge in [-0.1, -0.05) is 44.9 Å². The molecule has 1 spiro atoms. The molecule has 2 heterocycles. The van der Waals surface area contributed by atoms with E-state index in [1.54, 1.807) is 6.92 Å². The lowest BCUT2D eigenvalue weighted by Crippen LogP contribution is -2.62. The van der Waals surface area contributed by atoms with Crippen LogP contribution in [0, 0.1) is 5.41 Å². The summed E-state index contributed by atoms with van der Waals surface area (Å²) in [5, 5.41) is 3.08. The number of rotatable bonds is 5. The molecule has 3 N–H and O–H groups in total. The number of esters is 1. The van der Waals surface area contributed by atoms with Crippen LogP contribution in [0.25, 0.3) is 0 Å². The van der Waals surface area contributed by atoms with Crippen LogP contribution in [-0.2, 0) is 14.3 Å². The van der Waals surface area contributed by atoms with Gasteiger partial charge in [-0.25, -0.2) is 20.6 Å². The van der Waals surface area contributed by atoms with Crippen LogP contribution >= 0.6 is 0 Å². The molecular formula is C25H39N5O3. The van der Waals surface area contributed by atoms with Crippen molar-refractivity contribution in [2.24, 2.45) is 5.41 Å². The van der Waals surface area contributed by atoms with Crippen LogP contribution < -0.4 is 16.2 Å². The molecule has 3 aliphatic rings. The molecule has 0 aromatic carbocycles. The lowest BCUT2D eigenvalue weighted by atomic mass is 9.69. The molecule has 1 aromatic heterocycles. The Labute approximate surface area is 196 Å². The smallest absolute Gasteiger partial charge is 0.335 e. The first-order valence-corrected chi connectivity index (χ1v) is 12.8. The lowest BCUT2D eigenvalue weighted by Gasteiger charge is -2.48. The number of nitrogens with zero attached hydrogens (tertiary/aromatic N) is 2. The van der Waals surface area contributed by atoms with Gasteiger partial charge in [-0.2, -0.15) is 0 Å². The van der Waals surface area contributed by atoms with Crippen molar-refractivity contribution in [3.8, 4) is 0 Å². The van der Waals surface area contributed by atoms with E-state index in [0.29, 0.717) is 25.0 Å². The average molecular weight is 458 g/mol. The van der Waals surface area contributed by atoms with Crippen LogP contribution in [0.1, 0.15) is 96.6 Å². The highest BCUT2D eigenvalue weighted by Gasteiger charge is 2.46. The SMILES string of the molecule is CCOC(=O)C1=C(NC(=O)C2CC3(CCCCCCCCC3)C(n3ccnc3)NN2)CCC1. The van der Waals surface area contributed by atoms with Gasteiger partial charge in [0, 0.05) is 23.5 Å². The normalized spacial score (nSPS) is 26.2. The molecule has 1 amide bonds. The second-order valence-corrected chi connectivity index (χ2v) is 9.82. The minimum atomic E-state index is -0.357. The molecule has 0 radical (unpaired) electrons. The molecule has 33 heavy (non-hydrogen) atoms. The number of nitrogens with one attached hydrogen (secondary N) is 3. The van der Waals surface area contributed by atoms with Crippen molar-refractivity contribution in [1.82, 2.24) is 25.7 Å². The molecule has 1 saturated carbocycles. The van der Waals surface area contributed by atoms with Gasteiger partial charge in [0.15, 0.2) is 0 Å². The predicted octanol–water partition coefficient (Wildman–Crippen LogP) is 3.88. The number of hydrogen-bond donors (Lipinski definition) is 3. The monoisotopic (exact) mass is 457 g/mol. The van der Waals surface area contributed by atoms with Gasteiger partial charge in [-0.15, -0.1) is 0 Å². The highest BCUT2D eigenvalue weighted by Crippen LogP contribution is 2.46. The molecule has 1 aromatic rings. The third-order valence-corrected chi connectivity index (χ3v) is 7.59. The molecule has 2 atom stereocenters. The molecule has 1 aliphatic heterocycles. The summed E-state index contributed by atoms with van der Waals surface area (Å²) in [4.78, 5) is 29.9. The summed E-state index contributed by atoms with van der Waals surface area (Å²) in [5.74, 6) is -0.370. The molecule has 2 aliphatic carbocycles. The zero-order chi connectivity index (χ0) is 23.1. The van der Waals surface area contributed by atoms with Crippen LogP contribution in [0.3, 0.4) is 0 Å². The molecule has 2 unspecified atom stereocenters. The Bertz CT molecular complexity index is 825. The van der Waals surface area contributed by atoms with Gasteiger partial charge in [0.2, 0.25) is 5.91 Å². The number of allylic oxidation sites excluding steroid dienone is 1. The van der Waals surface area contributed by atoms with E-state index >= 15 is 0 Å². The molecule has 1 saturated heterocycles. The van der Waals surface area contributed by atoms with E-state index in [2.05, 4.69) is 25.7 Å². The maximum absolute atomic E-state index is 13.4. The Morgan fingerprint density at radius 3 is 2.48 bits per heavy atom. The molecular weight excluding hydrogens is 418 g/mol. The van der Waals surface area contributed by atoms with Crippen LogP contribution in [0.4, 0.5) is 0 Å². The van der Waals surface area contributed by atoms with E-state index in [-0.39, 0.29) is 29.5 Å². The number of amides is 1. The van der Waals surface area contributed by atoms with Crippen molar-refractivity contribution in [2.75, 3.05) is 6.61 Å². The zero-order valence-electron chi connectivity index (χ0n) is 19.9. The van der Waals surface area contributed by atoms with Gasteiger partial charge in [0.25, 0.3) is 0 Å². The summed E-state index contributed by atoms with van der Waals surface area (Å²) in [6.45, 7) is 2.15. The van der Waals surface area contributed by atoms with Crippen LogP contribution in [-0.4, -0.2) is 34.1 Å². The average Bonchev–Trinajstić information content (AvgIpc) is 3.51. The van der Waals surface area contributed by atoms with Crippen LogP contribution in [0.15, 0.2) is 30.0 Å². The molecule has 182 valence electrons. The van der Waals surface area contributed by atoms with Gasteiger partial charge in [0.05, 0.1) is 18.5 Å². The van der Waals surface area contributed by atoms with Gasteiger partial charge in [0.1, 0.15) is 12.2 Å². The van der Waals surface area contributed by atoms with E-state index in [1.807, 2.05) is 18.7 Å². The first kappa shape index (κ1) is 24.0. The first-order chi connectivity index (χ1) is 16.1. The van der Waals surface area contributed by atoms with Gasteiger partial charge >= 0.3 is 5.97 Å². The van der Waals surface area contributed by atoms with Gasteiger partial charge in [-0.3, -0.25) is 4.79 Å². The fraction of sp³-hybridized carbons (Fsp3) is 0.720. The van der Waals surface area contributed by atoms with E-state index in [1.165, 1.54) is 44.9 Å². The quantitative estimate of drug-likeness (QED) is 0.581. The summed E-state index contributed by atoms with van der Waals surface area (Å²) < 4.78 is 7.34. The van der Waals surface area contributed by atoms with E-state index in [0.717, 1.165) is 31.4 Å². The third kappa shape index (κ3) is 5.66. The van der Waals surface area contributed by atoms with Crippen molar-refractivity contribution in [3.05, 3.63) is 30.0 Å². The van der Waals surface area contributed by atoms with E-state index < -0.39 is 0 Å². The Kier molecular flexibility index (Phi) is 8.20. The van der Waals surface area contributed by atoms with Crippen molar-refractivity contribution in [1.29, 1.82) is 0 Å². The van der Waals surface area contributed by atoms with Crippen LogP contribution in [0.2, 0.25) is 0 Å². The Balaban J connectivity index is 1.52. The third-order valence-electron chi connectivity index (χ3n) is 7.59. The predicted molar refractivity (Wildman–Crippen MR) is 126 cm³/mol. The molecule has 4 rings (SSSR count).